The minimum absolute atomic E-state index is 0.571. The van der Waals surface area contributed by atoms with Gasteiger partial charge in [-0.3, -0.25) is 0 Å². The van der Waals surface area contributed by atoms with E-state index in [0.29, 0.717) is 16.0 Å². The van der Waals surface area contributed by atoms with Crippen LogP contribution in [0.4, 0.5) is 5.82 Å². The molecule has 0 fully saturated rings. The molecule has 0 atom stereocenters. The molecule has 0 radical (unpaired) electrons. The fourth-order valence-electron chi connectivity index (χ4n) is 0.935. The van der Waals surface area contributed by atoms with E-state index in [4.69, 9.17) is 23.8 Å². The molecule has 0 aliphatic rings. The lowest BCUT2D eigenvalue weighted by Gasteiger charge is -2.08. The number of halogens is 1. The van der Waals surface area contributed by atoms with Gasteiger partial charge in [0.1, 0.15) is 5.82 Å². The number of hydrogen-bond donors (Lipinski definition) is 2. The summed E-state index contributed by atoms with van der Waals surface area (Å²) in [6, 6.07) is 3.58. The summed E-state index contributed by atoms with van der Waals surface area (Å²) in [7, 11) is 0. The lowest BCUT2D eigenvalue weighted by Crippen LogP contribution is -2.28. The normalized spacial score (nSPS) is 9.64. The van der Waals surface area contributed by atoms with Gasteiger partial charge in [0.15, 0.2) is 5.11 Å². The first-order chi connectivity index (χ1) is 6.63. The van der Waals surface area contributed by atoms with E-state index >= 15 is 0 Å². The van der Waals surface area contributed by atoms with E-state index < -0.39 is 0 Å². The molecule has 0 saturated carbocycles. The molecule has 0 aromatic carbocycles. The van der Waals surface area contributed by atoms with Crippen molar-refractivity contribution in [2.45, 2.75) is 13.8 Å². The Kier molecular flexibility index (Phi) is 4.10. The van der Waals surface area contributed by atoms with Crippen LogP contribution in [0.1, 0.15) is 12.6 Å². The van der Waals surface area contributed by atoms with Crippen molar-refractivity contribution in [2.75, 3.05) is 11.9 Å². The highest BCUT2D eigenvalue weighted by Crippen LogP contribution is 2.14. The molecular weight excluding hydrogens is 218 g/mol. The van der Waals surface area contributed by atoms with Crippen molar-refractivity contribution in [2.24, 2.45) is 0 Å². The maximum Gasteiger partial charge on any atom is 0.171 e. The van der Waals surface area contributed by atoms with Crippen LogP contribution in [0.5, 0.6) is 0 Å². The zero-order chi connectivity index (χ0) is 10.6. The summed E-state index contributed by atoms with van der Waals surface area (Å²) < 4.78 is 0. The Hall–Kier alpha value is -0.870. The predicted molar refractivity (Wildman–Crippen MR) is 63.9 cm³/mol. The number of anilines is 1. The number of rotatable bonds is 2. The highest BCUT2D eigenvalue weighted by Gasteiger charge is 2.00. The first-order valence-corrected chi connectivity index (χ1v) is 5.10. The Morgan fingerprint density at radius 3 is 2.86 bits per heavy atom. The smallest absolute Gasteiger partial charge is 0.171 e. The molecule has 0 aliphatic heterocycles. The maximum atomic E-state index is 5.84. The average molecular weight is 230 g/mol. The Balaban J connectivity index is 2.68. The van der Waals surface area contributed by atoms with Gasteiger partial charge in [-0.1, -0.05) is 11.6 Å². The van der Waals surface area contributed by atoms with Crippen molar-refractivity contribution >= 4 is 34.7 Å². The first-order valence-electron chi connectivity index (χ1n) is 4.31. The molecular formula is C9H12ClN3S. The van der Waals surface area contributed by atoms with Crippen LogP contribution in [0.3, 0.4) is 0 Å². The maximum absolute atomic E-state index is 5.84. The van der Waals surface area contributed by atoms with Gasteiger partial charge >= 0.3 is 0 Å². The molecule has 76 valence electrons. The van der Waals surface area contributed by atoms with Crippen molar-refractivity contribution in [3.05, 3.63) is 22.8 Å². The van der Waals surface area contributed by atoms with Crippen LogP contribution < -0.4 is 10.6 Å². The molecule has 1 heterocycles. The Bertz CT molecular complexity index is 341. The molecule has 1 rings (SSSR count). The van der Waals surface area contributed by atoms with Gasteiger partial charge < -0.3 is 10.6 Å². The monoisotopic (exact) mass is 229 g/mol. The van der Waals surface area contributed by atoms with Crippen molar-refractivity contribution in [1.82, 2.24) is 10.3 Å². The lowest BCUT2D eigenvalue weighted by atomic mass is 10.4. The van der Waals surface area contributed by atoms with E-state index in [1.54, 1.807) is 12.1 Å². The minimum atomic E-state index is 0.571. The molecule has 0 aliphatic carbocycles. The fourth-order valence-corrected chi connectivity index (χ4v) is 1.29. The van der Waals surface area contributed by atoms with Crippen molar-refractivity contribution < 1.29 is 0 Å². The summed E-state index contributed by atoms with van der Waals surface area (Å²) in [5.41, 5.74) is 0.788. The van der Waals surface area contributed by atoms with Gasteiger partial charge in [0, 0.05) is 6.54 Å². The molecule has 1 aromatic heterocycles. The molecule has 0 saturated heterocycles. The Morgan fingerprint density at radius 2 is 2.29 bits per heavy atom. The molecule has 0 unspecified atom stereocenters. The van der Waals surface area contributed by atoms with E-state index in [1.165, 1.54) is 0 Å². The number of aryl methyl sites for hydroxylation is 1. The van der Waals surface area contributed by atoms with E-state index in [-0.39, 0.29) is 0 Å². The van der Waals surface area contributed by atoms with Crippen molar-refractivity contribution in [3.8, 4) is 0 Å². The van der Waals surface area contributed by atoms with Crippen LogP contribution in [0.25, 0.3) is 0 Å². The molecule has 3 nitrogen and oxygen atoms in total. The molecule has 2 N–H and O–H groups in total. The third-order valence-electron chi connectivity index (χ3n) is 1.60. The zero-order valence-corrected chi connectivity index (χ0v) is 9.67. The van der Waals surface area contributed by atoms with Gasteiger partial charge in [-0.15, -0.1) is 0 Å². The van der Waals surface area contributed by atoms with E-state index in [2.05, 4.69) is 15.6 Å². The Morgan fingerprint density at radius 1 is 1.57 bits per heavy atom. The average Bonchev–Trinajstić information content (AvgIpc) is 2.12. The van der Waals surface area contributed by atoms with Crippen LogP contribution in [0.15, 0.2) is 12.1 Å². The van der Waals surface area contributed by atoms with Gasteiger partial charge in [-0.25, -0.2) is 4.98 Å². The van der Waals surface area contributed by atoms with E-state index in [0.717, 1.165) is 12.2 Å². The second kappa shape index (κ2) is 5.12. The molecule has 1 aromatic rings. The molecule has 0 amide bonds. The van der Waals surface area contributed by atoms with Crippen molar-refractivity contribution in [1.29, 1.82) is 0 Å². The topological polar surface area (TPSA) is 37.0 Å². The number of hydrogen-bond acceptors (Lipinski definition) is 2. The highest BCUT2D eigenvalue weighted by atomic mass is 35.5. The number of aromatic nitrogens is 1. The largest absolute Gasteiger partial charge is 0.363 e. The standard InChI is InChI=1S/C9H12ClN3S/c1-3-11-9(14)13-8-5-4-7(10)6(2)12-8/h4-5H,3H2,1-2H3,(H2,11,12,13,14). The summed E-state index contributed by atoms with van der Waals surface area (Å²) in [6.07, 6.45) is 0. The predicted octanol–water partition coefficient (Wildman–Crippen LogP) is 2.35. The van der Waals surface area contributed by atoms with Crippen molar-refractivity contribution in [3.63, 3.8) is 0 Å². The number of pyridine rings is 1. The lowest BCUT2D eigenvalue weighted by molar-refractivity contribution is 0.977. The van der Waals surface area contributed by atoms with Crippen LogP contribution >= 0.6 is 23.8 Å². The minimum Gasteiger partial charge on any atom is -0.363 e. The number of nitrogens with zero attached hydrogens (tertiary/aromatic N) is 1. The Labute approximate surface area is 93.9 Å². The summed E-state index contributed by atoms with van der Waals surface area (Å²) in [5, 5.41) is 7.17. The molecule has 0 spiro atoms. The quantitative estimate of drug-likeness (QED) is 0.764. The third-order valence-corrected chi connectivity index (χ3v) is 2.25. The van der Waals surface area contributed by atoms with Gasteiger partial charge in [-0.05, 0) is 38.2 Å². The third kappa shape index (κ3) is 3.12. The first kappa shape index (κ1) is 11.2. The highest BCUT2D eigenvalue weighted by molar-refractivity contribution is 7.80. The molecule has 14 heavy (non-hydrogen) atoms. The van der Waals surface area contributed by atoms with E-state index in [1.807, 2.05) is 13.8 Å². The van der Waals surface area contributed by atoms with Crippen LogP contribution in [0.2, 0.25) is 5.02 Å². The van der Waals surface area contributed by atoms with E-state index in [9.17, 15) is 0 Å². The summed E-state index contributed by atoms with van der Waals surface area (Å²) >= 11 is 10.9. The van der Waals surface area contributed by atoms with Crippen LogP contribution in [-0.4, -0.2) is 16.6 Å². The second-order valence-electron chi connectivity index (χ2n) is 2.75. The zero-order valence-electron chi connectivity index (χ0n) is 8.10. The number of thiocarbonyl (C=S) groups is 1. The van der Waals surface area contributed by atoms with Crippen LogP contribution in [0, 0.1) is 6.92 Å². The summed E-state index contributed by atoms with van der Waals surface area (Å²) in [4.78, 5) is 4.22. The molecule has 0 bridgehead atoms. The van der Waals surface area contributed by atoms with Crippen LogP contribution in [-0.2, 0) is 0 Å². The summed E-state index contributed by atoms with van der Waals surface area (Å²) in [6.45, 7) is 4.62. The van der Waals surface area contributed by atoms with Gasteiger partial charge in [0.2, 0.25) is 0 Å². The number of nitrogens with one attached hydrogen (secondary N) is 2. The summed E-state index contributed by atoms with van der Waals surface area (Å²) in [5.74, 6) is 0.706. The fraction of sp³-hybridized carbons (Fsp3) is 0.333. The SMILES string of the molecule is CCNC(=S)Nc1ccc(Cl)c(C)n1. The van der Waals surface area contributed by atoms with Gasteiger partial charge in [0.05, 0.1) is 10.7 Å². The second-order valence-corrected chi connectivity index (χ2v) is 3.56. The molecule has 5 heteroatoms. The van der Waals surface area contributed by atoms with Gasteiger partial charge in [0.25, 0.3) is 0 Å². The van der Waals surface area contributed by atoms with Gasteiger partial charge in [-0.2, -0.15) is 0 Å².